The summed E-state index contributed by atoms with van der Waals surface area (Å²) in [5.74, 6) is 1.38. The van der Waals surface area contributed by atoms with Gasteiger partial charge in [-0.1, -0.05) is 12.1 Å². The third kappa shape index (κ3) is 3.71. The zero-order valence-corrected chi connectivity index (χ0v) is 16.7. The molecule has 2 aromatic rings. The van der Waals surface area contributed by atoms with Crippen LogP contribution in [0.3, 0.4) is 0 Å². The second-order valence-corrected chi connectivity index (χ2v) is 8.17. The molecule has 5 nitrogen and oxygen atoms in total. The van der Waals surface area contributed by atoms with Crippen LogP contribution in [0.25, 0.3) is 11.3 Å². The lowest BCUT2D eigenvalue weighted by Crippen LogP contribution is -2.60. The van der Waals surface area contributed by atoms with Crippen LogP contribution in [0.2, 0.25) is 0 Å². The molecule has 6 heteroatoms. The minimum Gasteiger partial charge on any atom is -0.460 e. The number of likely N-dealkylation sites (N-methyl/N-ethyl adjacent to an activating group) is 1. The van der Waals surface area contributed by atoms with Gasteiger partial charge in [0.1, 0.15) is 17.3 Å². The number of benzene rings is 1. The van der Waals surface area contributed by atoms with Crippen LogP contribution in [0.1, 0.15) is 25.0 Å². The van der Waals surface area contributed by atoms with E-state index in [1.165, 1.54) is 6.07 Å². The summed E-state index contributed by atoms with van der Waals surface area (Å²) in [6.45, 7) is 4.35. The van der Waals surface area contributed by atoms with Crippen molar-refractivity contribution >= 4 is 5.91 Å². The Hall–Kier alpha value is -2.18. The molecule has 0 bridgehead atoms. The highest BCUT2D eigenvalue weighted by atomic mass is 19.1. The molecular weight excluding hydrogens is 357 g/mol. The van der Waals surface area contributed by atoms with Gasteiger partial charge in [0.05, 0.1) is 12.1 Å². The van der Waals surface area contributed by atoms with Crippen molar-refractivity contribution in [3.05, 3.63) is 48.0 Å². The molecule has 0 unspecified atom stereocenters. The molecule has 2 aliphatic heterocycles. The number of hydrogen-bond donors (Lipinski definition) is 0. The fourth-order valence-corrected chi connectivity index (χ4v) is 4.46. The van der Waals surface area contributed by atoms with Crippen LogP contribution in [0, 0.1) is 5.82 Å². The number of furan rings is 1. The van der Waals surface area contributed by atoms with E-state index in [4.69, 9.17) is 4.42 Å². The monoisotopic (exact) mass is 385 g/mol. The summed E-state index contributed by atoms with van der Waals surface area (Å²) < 4.78 is 20.0. The predicted molar refractivity (Wildman–Crippen MR) is 106 cm³/mol. The quantitative estimate of drug-likeness (QED) is 0.813. The molecule has 2 saturated heterocycles. The molecule has 1 aromatic carbocycles. The SMILES string of the molecule is CN1CC[C@]2(CCC1=O)CN(Cc1ccc(-c3ccccc3F)o1)CCN2C. The van der Waals surface area contributed by atoms with Crippen LogP contribution in [-0.2, 0) is 11.3 Å². The van der Waals surface area contributed by atoms with E-state index in [1.54, 1.807) is 12.1 Å². The topological polar surface area (TPSA) is 39.9 Å². The summed E-state index contributed by atoms with van der Waals surface area (Å²) in [4.78, 5) is 18.8. The molecule has 1 amide bonds. The Labute approximate surface area is 165 Å². The van der Waals surface area contributed by atoms with Gasteiger partial charge in [0.2, 0.25) is 5.91 Å². The number of amides is 1. The first-order chi connectivity index (χ1) is 13.5. The molecule has 2 fully saturated rings. The maximum absolute atomic E-state index is 14.0. The lowest BCUT2D eigenvalue weighted by Gasteiger charge is -2.49. The molecule has 4 rings (SSSR count). The van der Waals surface area contributed by atoms with E-state index in [0.29, 0.717) is 24.3 Å². The van der Waals surface area contributed by atoms with Crippen molar-refractivity contribution < 1.29 is 13.6 Å². The highest BCUT2D eigenvalue weighted by Crippen LogP contribution is 2.33. The number of carbonyl (C=O) groups is 1. The van der Waals surface area contributed by atoms with Crippen LogP contribution in [0.15, 0.2) is 40.8 Å². The summed E-state index contributed by atoms with van der Waals surface area (Å²) in [6, 6.07) is 10.5. The van der Waals surface area contributed by atoms with E-state index in [2.05, 4.69) is 16.8 Å². The van der Waals surface area contributed by atoms with Crippen molar-refractivity contribution in [2.75, 3.05) is 40.3 Å². The van der Waals surface area contributed by atoms with Gasteiger partial charge in [0.15, 0.2) is 0 Å². The molecule has 0 saturated carbocycles. The second kappa shape index (κ2) is 7.68. The largest absolute Gasteiger partial charge is 0.460 e. The van der Waals surface area contributed by atoms with Crippen molar-refractivity contribution in [3.63, 3.8) is 0 Å². The van der Waals surface area contributed by atoms with Crippen molar-refractivity contribution in [2.24, 2.45) is 0 Å². The summed E-state index contributed by atoms with van der Waals surface area (Å²) in [5, 5.41) is 0. The van der Waals surface area contributed by atoms with Gasteiger partial charge in [0, 0.05) is 45.2 Å². The highest BCUT2D eigenvalue weighted by Gasteiger charge is 2.41. The van der Waals surface area contributed by atoms with Gasteiger partial charge in [-0.2, -0.15) is 0 Å². The molecule has 0 radical (unpaired) electrons. The van der Waals surface area contributed by atoms with Gasteiger partial charge in [-0.15, -0.1) is 0 Å². The van der Waals surface area contributed by atoms with E-state index >= 15 is 0 Å². The van der Waals surface area contributed by atoms with E-state index in [9.17, 15) is 9.18 Å². The molecule has 28 heavy (non-hydrogen) atoms. The van der Waals surface area contributed by atoms with E-state index in [1.807, 2.05) is 30.1 Å². The first-order valence-electron chi connectivity index (χ1n) is 9.98. The standard InChI is InChI=1S/C22H28FN3O2/c1-24-12-11-22(10-9-21(24)27)16-26(14-13-25(22)2)15-17-7-8-20(28-17)18-5-3-4-6-19(18)23/h3-8H,9-16H2,1-2H3/t22-/m1/s1. The Morgan fingerprint density at radius 3 is 2.71 bits per heavy atom. The third-order valence-corrected chi connectivity index (χ3v) is 6.40. The average molecular weight is 385 g/mol. The van der Waals surface area contributed by atoms with Crippen molar-refractivity contribution in [2.45, 2.75) is 31.3 Å². The Morgan fingerprint density at radius 2 is 1.89 bits per heavy atom. The average Bonchev–Trinajstić information content (AvgIpc) is 3.09. The molecule has 1 spiro atoms. The molecule has 2 aliphatic rings. The smallest absolute Gasteiger partial charge is 0.222 e. The number of piperazine rings is 1. The minimum atomic E-state index is -0.269. The number of rotatable bonds is 3. The van der Waals surface area contributed by atoms with E-state index in [-0.39, 0.29) is 17.3 Å². The zero-order chi connectivity index (χ0) is 19.7. The van der Waals surface area contributed by atoms with Gasteiger partial charge in [-0.3, -0.25) is 14.6 Å². The molecule has 1 atom stereocenters. The van der Waals surface area contributed by atoms with Gasteiger partial charge >= 0.3 is 0 Å². The van der Waals surface area contributed by atoms with Gasteiger partial charge < -0.3 is 9.32 Å². The van der Waals surface area contributed by atoms with Gasteiger partial charge in [-0.25, -0.2) is 4.39 Å². The Kier molecular flexibility index (Phi) is 5.25. The predicted octanol–water partition coefficient (Wildman–Crippen LogP) is 3.21. The normalized spacial score (nSPS) is 24.7. The molecule has 150 valence electrons. The van der Waals surface area contributed by atoms with Gasteiger partial charge in [0.25, 0.3) is 0 Å². The summed E-state index contributed by atoms with van der Waals surface area (Å²) in [5.41, 5.74) is 0.522. The minimum absolute atomic E-state index is 0.0274. The Bertz CT molecular complexity index is 852. The van der Waals surface area contributed by atoms with Gasteiger partial charge in [-0.05, 0) is 44.2 Å². The fourth-order valence-electron chi connectivity index (χ4n) is 4.46. The number of likely N-dealkylation sites (tertiary alicyclic amines) is 1. The lowest BCUT2D eigenvalue weighted by atomic mass is 9.86. The maximum atomic E-state index is 14.0. The zero-order valence-electron chi connectivity index (χ0n) is 16.7. The summed E-state index contributed by atoms with van der Waals surface area (Å²) in [7, 11) is 4.07. The molecule has 1 aromatic heterocycles. The first-order valence-corrected chi connectivity index (χ1v) is 9.98. The number of hydrogen-bond acceptors (Lipinski definition) is 4. The summed E-state index contributed by atoms with van der Waals surface area (Å²) >= 11 is 0. The van der Waals surface area contributed by atoms with Crippen LogP contribution in [-0.4, -0.2) is 66.4 Å². The summed E-state index contributed by atoms with van der Waals surface area (Å²) in [6.07, 6.45) is 2.48. The molecule has 0 aliphatic carbocycles. The fraction of sp³-hybridized carbons (Fsp3) is 0.500. The van der Waals surface area contributed by atoms with Crippen molar-refractivity contribution in [1.82, 2.24) is 14.7 Å². The van der Waals surface area contributed by atoms with E-state index < -0.39 is 0 Å². The van der Waals surface area contributed by atoms with Crippen molar-refractivity contribution in [3.8, 4) is 11.3 Å². The molecule has 0 N–H and O–H groups in total. The Balaban J connectivity index is 1.47. The molecular formula is C22H28FN3O2. The van der Waals surface area contributed by atoms with E-state index in [0.717, 1.165) is 44.8 Å². The van der Waals surface area contributed by atoms with Crippen LogP contribution in [0.5, 0.6) is 0 Å². The number of nitrogens with zero attached hydrogens (tertiary/aromatic N) is 3. The van der Waals surface area contributed by atoms with Crippen LogP contribution in [0.4, 0.5) is 4.39 Å². The maximum Gasteiger partial charge on any atom is 0.222 e. The molecule has 3 heterocycles. The Morgan fingerprint density at radius 1 is 1.07 bits per heavy atom. The van der Waals surface area contributed by atoms with Crippen LogP contribution < -0.4 is 0 Å². The second-order valence-electron chi connectivity index (χ2n) is 8.17. The third-order valence-electron chi connectivity index (χ3n) is 6.40. The lowest BCUT2D eigenvalue weighted by molar-refractivity contribution is -0.129. The van der Waals surface area contributed by atoms with Crippen molar-refractivity contribution in [1.29, 1.82) is 0 Å². The number of carbonyl (C=O) groups excluding carboxylic acids is 1. The number of halogens is 1. The highest BCUT2D eigenvalue weighted by molar-refractivity contribution is 5.76. The van der Waals surface area contributed by atoms with Crippen LogP contribution >= 0.6 is 0 Å². The first kappa shape index (κ1) is 19.2.